The predicted molar refractivity (Wildman–Crippen MR) is 56.3 cm³/mol. The number of nitrogens with zero attached hydrogens (tertiary/aromatic N) is 2. The van der Waals surface area contributed by atoms with Crippen LogP contribution < -0.4 is 11.3 Å². The fourth-order valence-corrected chi connectivity index (χ4v) is 1.28. The van der Waals surface area contributed by atoms with Gasteiger partial charge in [-0.2, -0.15) is 0 Å². The molecule has 2 rings (SSSR count). The molecule has 0 unspecified atom stereocenters. The number of aromatic nitrogens is 3. The van der Waals surface area contributed by atoms with E-state index in [1.807, 2.05) is 30.3 Å². The van der Waals surface area contributed by atoms with E-state index >= 15 is 0 Å². The largest absolute Gasteiger partial charge is 0.368 e. The molecular formula is C10H10N4O. The number of rotatable bonds is 2. The van der Waals surface area contributed by atoms with Gasteiger partial charge in [-0.25, -0.2) is 0 Å². The smallest absolute Gasteiger partial charge is 0.274 e. The van der Waals surface area contributed by atoms with E-state index in [-0.39, 0.29) is 11.5 Å². The molecule has 0 aliphatic heterocycles. The molecule has 0 saturated heterocycles. The summed E-state index contributed by atoms with van der Waals surface area (Å²) in [6.07, 6.45) is 0.462. The fourth-order valence-electron chi connectivity index (χ4n) is 1.28. The molecule has 1 heterocycles. The molecule has 0 spiro atoms. The van der Waals surface area contributed by atoms with Gasteiger partial charge in [-0.15, -0.1) is 10.2 Å². The average molecular weight is 202 g/mol. The molecule has 0 bridgehead atoms. The standard InChI is InChI=1S/C10H10N4O/c11-10-12-9(15)8(13-14-10)6-7-4-2-1-3-5-7/h1-5H,6H2,(H3,11,12,14,15). The maximum absolute atomic E-state index is 11.4. The summed E-state index contributed by atoms with van der Waals surface area (Å²) in [5.41, 5.74) is 6.39. The van der Waals surface area contributed by atoms with Crippen molar-refractivity contribution in [2.75, 3.05) is 5.73 Å². The number of hydrogen-bond acceptors (Lipinski definition) is 4. The summed E-state index contributed by atoms with van der Waals surface area (Å²) in [5, 5.41) is 7.36. The van der Waals surface area contributed by atoms with Crippen LogP contribution in [0.2, 0.25) is 0 Å². The van der Waals surface area contributed by atoms with Crippen molar-refractivity contribution in [2.45, 2.75) is 6.42 Å². The van der Waals surface area contributed by atoms with E-state index in [0.717, 1.165) is 5.56 Å². The minimum Gasteiger partial charge on any atom is -0.368 e. The van der Waals surface area contributed by atoms with E-state index in [0.29, 0.717) is 12.1 Å². The van der Waals surface area contributed by atoms with Crippen LogP contribution in [0, 0.1) is 0 Å². The Hall–Kier alpha value is -2.17. The van der Waals surface area contributed by atoms with Crippen molar-refractivity contribution in [2.24, 2.45) is 0 Å². The Morgan fingerprint density at radius 3 is 2.60 bits per heavy atom. The van der Waals surface area contributed by atoms with Gasteiger partial charge in [0.15, 0.2) is 0 Å². The molecule has 0 fully saturated rings. The molecule has 0 aliphatic rings. The van der Waals surface area contributed by atoms with Crippen molar-refractivity contribution < 1.29 is 0 Å². The molecule has 0 saturated carbocycles. The highest BCUT2D eigenvalue weighted by Crippen LogP contribution is 2.02. The first-order valence-corrected chi connectivity index (χ1v) is 4.51. The van der Waals surface area contributed by atoms with E-state index < -0.39 is 0 Å². The third kappa shape index (κ3) is 2.19. The minimum absolute atomic E-state index is 0.0387. The third-order valence-electron chi connectivity index (χ3n) is 2.00. The van der Waals surface area contributed by atoms with Crippen molar-refractivity contribution in [3.8, 4) is 0 Å². The molecule has 2 aromatic rings. The fraction of sp³-hybridized carbons (Fsp3) is 0.100. The van der Waals surface area contributed by atoms with E-state index in [1.54, 1.807) is 0 Å². The predicted octanol–water partition coefficient (Wildman–Crippen LogP) is 0.338. The van der Waals surface area contributed by atoms with Crippen LogP contribution in [0.25, 0.3) is 0 Å². The molecule has 0 atom stereocenters. The van der Waals surface area contributed by atoms with Crippen LogP contribution in [-0.4, -0.2) is 15.2 Å². The molecule has 3 N–H and O–H groups in total. The van der Waals surface area contributed by atoms with Gasteiger partial charge in [-0.05, 0) is 5.56 Å². The van der Waals surface area contributed by atoms with Gasteiger partial charge in [0.25, 0.3) is 5.56 Å². The second-order valence-corrected chi connectivity index (χ2v) is 3.15. The zero-order valence-corrected chi connectivity index (χ0v) is 7.97. The lowest BCUT2D eigenvalue weighted by Gasteiger charge is -1.99. The lowest BCUT2D eigenvalue weighted by molar-refractivity contribution is 0.877. The summed E-state index contributed by atoms with van der Waals surface area (Å²) in [6, 6.07) is 9.60. The Labute approximate surface area is 86.0 Å². The zero-order valence-electron chi connectivity index (χ0n) is 7.97. The molecule has 0 aliphatic carbocycles. The summed E-state index contributed by atoms with van der Waals surface area (Å²) in [6.45, 7) is 0. The van der Waals surface area contributed by atoms with Crippen molar-refractivity contribution in [1.29, 1.82) is 0 Å². The van der Waals surface area contributed by atoms with Crippen LogP contribution in [0.5, 0.6) is 0 Å². The minimum atomic E-state index is -0.286. The number of aromatic amines is 1. The van der Waals surface area contributed by atoms with Crippen LogP contribution in [0.3, 0.4) is 0 Å². The molecule has 76 valence electrons. The van der Waals surface area contributed by atoms with Crippen LogP contribution in [0.4, 0.5) is 5.95 Å². The van der Waals surface area contributed by atoms with Gasteiger partial charge in [0.1, 0.15) is 5.69 Å². The third-order valence-corrected chi connectivity index (χ3v) is 2.00. The quantitative estimate of drug-likeness (QED) is 0.735. The summed E-state index contributed by atoms with van der Waals surface area (Å²) in [7, 11) is 0. The van der Waals surface area contributed by atoms with Crippen LogP contribution >= 0.6 is 0 Å². The number of anilines is 1. The van der Waals surface area contributed by atoms with Crippen molar-refractivity contribution in [3.05, 3.63) is 51.9 Å². The average Bonchev–Trinajstić information content (AvgIpc) is 2.24. The van der Waals surface area contributed by atoms with Gasteiger partial charge in [-0.3, -0.25) is 9.78 Å². The Bertz CT molecular complexity index is 506. The van der Waals surface area contributed by atoms with E-state index in [9.17, 15) is 4.79 Å². The summed E-state index contributed by atoms with van der Waals surface area (Å²) < 4.78 is 0. The van der Waals surface area contributed by atoms with Gasteiger partial charge in [-0.1, -0.05) is 30.3 Å². The van der Waals surface area contributed by atoms with E-state index in [1.165, 1.54) is 0 Å². The molecule has 0 amide bonds. The number of nitrogens with two attached hydrogens (primary N) is 1. The molecule has 5 heteroatoms. The summed E-state index contributed by atoms with van der Waals surface area (Å²) in [4.78, 5) is 13.8. The number of nitrogen functional groups attached to an aromatic ring is 1. The molecule has 5 nitrogen and oxygen atoms in total. The SMILES string of the molecule is Nc1nnc(Cc2ccccc2)c(=O)[nH]1. The highest BCUT2D eigenvalue weighted by Gasteiger charge is 2.03. The number of H-pyrrole nitrogens is 1. The highest BCUT2D eigenvalue weighted by molar-refractivity contribution is 5.21. The molecule has 0 radical (unpaired) electrons. The summed E-state index contributed by atoms with van der Waals surface area (Å²) in [5.74, 6) is 0.0387. The lowest BCUT2D eigenvalue weighted by atomic mass is 10.1. The van der Waals surface area contributed by atoms with Gasteiger partial charge in [0, 0.05) is 6.42 Å². The van der Waals surface area contributed by atoms with Gasteiger partial charge < -0.3 is 5.73 Å². The van der Waals surface area contributed by atoms with Crippen LogP contribution in [-0.2, 0) is 6.42 Å². The first kappa shape index (κ1) is 9.39. The normalized spacial score (nSPS) is 10.1. The lowest BCUT2D eigenvalue weighted by Crippen LogP contribution is -2.18. The van der Waals surface area contributed by atoms with Crippen LogP contribution in [0.1, 0.15) is 11.3 Å². The topological polar surface area (TPSA) is 84.7 Å². The highest BCUT2D eigenvalue weighted by atomic mass is 16.1. The first-order chi connectivity index (χ1) is 7.25. The Morgan fingerprint density at radius 1 is 1.20 bits per heavy atom. The number of hydrogen-bond donors (Lipinski definition) is 2. The Kier molecular flexibility index (Phi) is 2.45. The van der Waals surface area contributed by atoms with E-state index in [2.05, 4.69) is 15.2 Å². The first-order valence-electron chi connectivity index (χ1n) is 4.51. The molecule has 15 heavy (non-hydrogen) atoms. The van der Waals surface area contributed by atoms with Crippen molar-refractivity contribution in [3.63, 3.8) is 0 Å². The van der Waals surface area contributed by atoms with Crippen molar-refractivity contribution >= 4 is 5.95 Å². The Balaban J connectivity index is 2.29. The maximum Gasteiger partial charge on any atom is 0.274 e. The molecule has 1 aromatic carbocycles. The molecule has 1 aromatic heterocycles. The second kappa shape index (κ2) is 3.91. The monoisotopic (exact) mass is 202 g/mol. The van der Waals surface area contributed by atoms with E-state index in [4.69, 9.17) is 5.73 Å². The number of benzene rings is 1. The van der Waals surface area contributed by atoms with Gasteiger partial charge >= 0.3 is 0 Å². The van der Waals surface area contributed by atoms with Crippen LogP contribution in [0.15, 0.2) is 35.1 Å². The molecular weight excluding hydrogens is 192 g/mol. The number of nitrogens with one attached hydrogen (secondary N) is 1. The zero-order chi connectivity index (χ0) is 10.7. The Morgan fingerprint density at radius 2 is 1.93 bits per heavy atom. The second-order valence-electron chi connectivity index (χ2n) is 3.15. The van der Waals surface area contributed by atoms with Crippen molar-refractivity contribution in [1.82, 2.24) is 15.2 Å². The van der Waals surface area contributed by atoms with Gasteiger partial charge in [0.05, 0.1) is 0 Å². The maximum atomic E-state index is 11.4. The summed E-state index contributed by atoms with van der Waals surface area (Å²) >= 11 is 0. The van der Waals surface area contributed by atoms with Gasteiger partial charge in [0.2, 0.25) is 5.95 Å².